The van der Waals surface area contributed by atoms with Gasteiger partial charge in [0.25, 0.3) is 0 Å². The summed E-state index contributed by atoms with van der Waals surface area (Å²) >= 11 is 3.64. The van der Waals surface area contributed by atoms with Crippen molar-refractivity contribution in [3.63, 3.8) is 0 Å². The van der Waals surface area contributed by atoms with Crippen molar-refractivity contribution >= 4 is 37.9 Å². The molecule has 0 fully saturated rings. The Morgan fingerprint density at radius 1 is 0.655 bits per heavy atom. The molecule has 4 aromatic carbocycles. The lowest BCUT2D eigenvalue weighted by molar-refractivity contribution is 0.660. The second-order valence-electron chi connectivity index (χ2n) is 8.38. The van der Waals surface area contributed by atoms with Gasteiger partial charge in [-0.2, -0.15) is 0 Å². The number of rotatable bonds is 1. The van der Waals surface area contributed by atoms with Gasteiger partial charge in [-0.25, -0.2) is 0 Å². The first-order chi connectivity index (χ1) is 14.0. The molecule has 0 atom stereocenters. The van der Waals surface area contributed by atoms with Crippen molar-refractivity contribution in [1.82, 2.24) is 0 Å². The van der Waals surface area contributed by atoms with E-state index >= 15 is 0 Å². The number of hydrogen-bond donors (Lipinski definition) is 0. The summed E-state index contributed by atoms with van der Waals surface area (Å²) in [5, 5.41) is 2.34. The highest BCUT2D eigenvalue weighted by Crippen LogP contribution is 2.50. The van der Waals surface area contributed by atoms with Crippen LogP contribution in [0.3, 0.4) is 0 Å². The molecule has 0 N–H and O–H groups in total. The number of para-hydroxylation sites is 1. The number of benzene rings is 4. The van der Waals surface area contributed by atoms with E-state index < -0.39 is 0 Å². The maximum Gasteiger partial charge on any atom is 0.136 e. The predicted octanol–water partition coefficient (Wildman–Crippen LogP) is 8.32. The molecule has 0 saturated carbocycles. The third-order valence-corrected chi connectivity index (χ3v) is 6.84. The van der Waals surface area contributed by atoms with E-state index in [1.165, 1.54) is 44.2 Å². The summed E-state index contributed by atoms with van der Waals surface area (Å²) in [6.45, 7) is 4.63. The molecule has 1 aromatic heterocycles. The molecule has 6 rings (SSSR count). The zero-order valence-corrected chi connectivity index (χ0v) is 17.9. The summed E-state index contributed by atoms with van der Waals surface area (Å²) in [6, 6.07) is 28.3. The molecule has 0 radical (unpaired) electrons. The summed E-state index contributed by atoms with van der Waals surface area (Å²) in [5.74, 6) is 0. The standard InChI is InChI=1S/C27H19BrO/c1-27(2)23-13-16(7-10-19(23)20-12-9-18(28)15-24(20)27)17-8-11-22-21-5-3-4-6-25(21)29-26(22)14-17/h3-15H,1-2H3. The van der Waals surface area contributed by atoms with Gasteiger partial charge in [0.2, 0.25) is 0 Å². The minimum atomic E-state index is -0.0199. The Balaban J connectivity index is 1.52. The van der Waals surface area contributed by atoms with Crippen molar-refractivity contribution < 1.29 is 4.42 Å². The molecule has 0 unspecified atom stereocenters. The van der Waals surface area contributed by atoms with Gasteiger partial charge in [-0.1, -0.05) is 72.2 Å². The SMILES string of the molecule is CC1(C)c2cc(Br)ccc2-c2ccc(-c3ccc4c(c3)oc3ccccc34)cc21. The summed E-state index contributed by atoms with van der Waals surface area (Å²) in [5.41, 5.74) is 9.72. The predicted molar refractivity (Wildman–Crippen MR) is 124 cm³/mol. The van der Waals surface area contributed by atoms with Crippen LogP contribution < -0.4 is 0 Å². The Morgan fingerprint density at radius 3 is 2.17 bits per heavy atom. The van der Waals surface area contributed by atoms with Crippen LogP contribution in [0.4, 0.5) is 0 Å². The lowest BCUT2D eigenvalue weighted by Crippen LogP contribution is -2.15. The van der Waals surface area contributed by atoms with Gasteiger partial charge in [0.05, 0.1) is 0 Å². The van der Waals surface area contributed by atoms with Gasteiger partial charge in [-0.05, 0) is 69.8 Å². The average molecular weight is 439 g/mol. The fraction of sp³-hybridized carbons (Fsp3) is 0.111. The Hall–Kier alpha value is -2.84. The molecular weight excluding hydrogens is 420 g/mol. The van der Waals surface area contributed by atoms with E-state index in [0.29, 0.717) is 0 Å². The van der Waals surface area contributed by atoms with Gasteiger partial charge in [-0.3, -0.25) is 0 Å². The van der Waals surface area contributed by atoms with E-state index in [-0.39, 0.29) is 5.41 Å². The molecule has 1 aliphatic carbocycles. The Kier molecular flexibility index (Phi) is 3.43. The van der Waals surface area contributed by atoms with E-state index in [1.807, 2.05) is 12.1 Å². The van der Waals surface area contributed by atoms with Gasteiger partial charge < -0.3 is 4.42 Å². The summed E-state index contributed by atoms with van der Waals surface area (Å²) in [7, 11) is 0. The lowest BCUT2D eigenvalue weighted by Gasteiger charge is -2.22. The lowest BCUT2D eigenvalue weighted by atomic mass is 9.81. The Bertz CT molecular complexity index is 1440. The topological polar surface area (TPSA) is 13.1 Å². The molecular formula is C27H19BrO. The fourth-order valence-electron chi connectivity index (χ4n) is 4.79. The van der Waals surface area contributed by atoms with Crippen LogP contribution in [0, 0.1) is 0 Å². The molecule has 0 spiro atoms. The molecule has 0 amide bonds. The zero-order valence-electron chi connectivity index (χ0n) is 16.3. The van der Waals surface area contributed by atoms with Crippen LogP contribution in [0.25, 0.3) is 44.2 Å². The number of furan rings is 1. The molecule has 0 saturated heterocycles. The van der Waals surface area contributed by atoms with Crippen LogP contribution in [0.1, 0.15) is 25.0 Å². The van der Waals surface area contributed by atoms with Crippen LogP contribution in [0.5, 0.6) is 0 Å². The first-order valence-electron chi connectivity index (χ1n) is 9.89. The van der Waals surface area contributed by atoms with Crippen LogP contribution in [0.2, 0.25) is 0 Å². The number of halogens is 1. The molecule has 140 valence electrons. The van der Waals surface area contributed by atoms with Gasteiger partial charge in [0.1, 0.15) is 11.2 Å². The van der Waals surface area contributed by atoms with E-state index in [4.69, 9.17) is 4.42 Å². The van der Waals surface area contributed by atoms with E-state index in [9.17, 15) is 0 Å². The summed E-state index contributed by atoms with van der Waals surface area (Å²) < 4.78 is 7.24. The molecule has 1 heterocycles. The minimum Gasteiger partial charge on any atom is -0.456 e. The maximum atomic E-state index is 6.11. The highest BCUT2D eigenvalue weighted by atomic mass is 79.9. The molecule has 0 aliphatic heterocycles. The fourth-order valence-corrected chi connectivity index (χ4v) is 5.16. The molecule has 0 bridgehead atoms. The Labute approximate surface area is 178 Å². The summed E-state index contributed by atoms with van der Waals surface area (Å²) in [6.07, 6.45) is 0. The largest absolute Gasteiger partial charge is 0.456 e. The van der Waals surface area contributed by atoms with Crippen molar-refractivity contribution in [2.24, 2.45) is 0 Å². The van der Waals surface area contributed by atoms with Crippen LogP contribution >= 0.6 is 15.9 Å². The van der Waals surface area contributed by atoms with Crippen LogP contribution in [-0.4, -0.2) is 0 Å². The quantitative estimate of drug-likeness (QED) is 0.256. The van der Waals surface area contributed by atoms with Crippen molar-refractivity contribution in [2.75, 3.05) is 0 Å². The van der Waals surface area contributed by atoms with Gasteiger partial charge in [-0.15, -0.1) is 0 Å². The van der Waals surface area contributed by atoms with Gasteiger partial charge in [0.15, 0.2) is 0 Å². The smallest absolute Gasteiger partial charge is 0.136 e. The van der Waals surface area contributed by atoms with Crippen molar-refractivity contribution in [2.45, 2.75) is 19.3 Å². The summed E-state index contributed by atoms with van der Waals surface area (Å²) in [4.78, 5) is 0. The van der Waals surface area contributed by atoms with E-state index in [2.05, 4.69) is 96.5 Å². The highest BCUT2D eigenvalue weighted by molar-refractivity contribution is 9.10. The average Bonchev–Trinajstić information content (AvgIpc) is 3.20. The monoisotopic (exact) mass is 438 g/mol. The third kappa shape index (κ3) is 2.39. The second kappa shape index (κ2) is 5.84. The molecule has 1 aliphatic rings. The van der Waals surface area contributed by atoms with Gasteiger partial charge >= 0.3 is 0 Å². The van der Waals surface area contributed by atoms with E-state index in [0.717, 1.165) is 15.6 Å². The van der Waals surface area contributed by atoms with Crippen LogP contribution in [0.15, 0.2) is 87.8 Å². The van der Waals surface area contributed by atoms with E-state index in [1.54, 1.807) is 0 Å². The van der Waals surface area contributed by atoms with Crippen molar-refractivity contribution in [3.05, 3.63) is 94.5 Å². The Morgan fingerprint density at radius 2 is 1.31 bits per heavy atom. The van der Waals surface area contributed by atoms with Crippen LogP contribution in [-0.2, 0) is 5.41 Å². The molecule has 5 aromatic rings. The first kappa shape index (κ1) is 17.1. The third-order valence-electron chi connectivity index (χ3n) is 6.35. The molecule has 2 heteroatoms. The van der Waals surface area contributed by atoms with Gasteiger partial charge in [0, 0.05) is 20.7 Å². The molecule has 1 nitrogen and oxygen atoms in total. The molecule has 29 heavy (non-hydrogen) atoms. The first-order valence-corrected chi connectivity index (χ1v) is 10.7. The zero-order chi connectivity index (χ0) is 19.8. The highest BCUT2D eigenvalue weighted by Gasteiger charge is 2.35. The maximum absolute atomic E-state index is 6.11. The second-order valence-corrected chi connectivity index (χ2v) is 9.30. The number of fused-ring (bicyclic) bond motifs is 6. The minimum absolute atomic E-state index is 0.0199. The van der Waals surface area contributed by atoms with Crippen molar-refractivity contribution in [1.29, 1.82) is 0 Å². The number of hydrogen-bond acceptors (Lipinski definition) is 1. The normalized spacial score (nSPS) is 14.3. The van der Waals surface area contributed by atoms with Crippen molar-refractivity contribution in [3.8, 4) is 22.3 Å².